The summed E-state index contributed by atoms with van der Waals surface area (Å²) in [6.07, 6.45) is 9.36. The van der Waals surface area contributed by atoms with Gasteiger partial charge >= 0.3 is 0 Å². The molecule has 3 rings (SSSR count). The molecule has 126 valence electrons. The number of aliphatic hydroxyl groups is 1. The minimum absolute atomic E-state index is 0.425. The van der Waals surface area contributed by atoms with Gasteiger partial charge in [0.05, 0.1) is 0 Å². The van der Waals surface area contributed by atoms with Crippen LogP contribution in [0.3, 0.4) is 0 Å². The van der Waals surface area contributed by atoms with Gasteiger partial charge < -0.3 is 19.8 Å². The van der Waals surface area contributed by atoms with Crippen LogP contribution in [0.25, 0.3) is 0 Å². The van der Waals surface area contributed by atoms with Gasteiger partial charge in [0.25, 0.3) is 0 Å². The van der Waals surface area contributed by atoms with E-state index >= 15 is 0 Å². The van der Waals surface area contributed by atoms with E-state index in [1.165, 1.54) is 22.3 Å². The van der Waals surface area contributed by atoms with Gasteiger partial charge in [-0.15, -0.1) is 0 Å². The summed E-state index contributed by atoms with van der Waals surface area (Å²) in [6, 6.07) is 0.897. The average molecular weight is 315 g/mol. The van der Waals surface area contributed by atoms with E-state index in [1.807, 2.05) is 11.9 Å². The molecule has 0 fully saturated rings. The first kappa shape index (κ1) is 16.3. The molecular weight excluding hydrogens is 286 g/mol. The van der Waals surface area contributed by atoms with Gasteiger partial charge in [0, 0.05) is 50.2 Å². The van der Waals surface area contributed by atoms with Crippen molar-refractivity contribution < 1.29 is 5.11 Å². The predicted octanol–water partition coefficient (Wildman–Crippen LogP) is 2.32. The van der Waals surface area contributed by atoms with Crippen LogP contribution in [-0.2, 0) is 0 Å². The fraction of sp³-hybridized carbons (Fsp3) is 0.579. The lowest BCUT2D eigenvalue weighted by atomic mass is 9.86. The lowest BCUT2D eigenvalue weighted by Crippen LogP contribution is -2.41. The van der Waals surface area contributed by atoms with Crippen molar-refractivity contribution in [3.8, 4) is 0 Å². The van der Waals surface area contributed by atoms with Crippen molar-refractivity contribution in [2.24, 2.45) is 0 Å². The van der Waals surface area contributed by atoms with Gasteiger partial charge in [0.15, 0.2) is 0 Å². The summed E-state index contributed by atoms with van der Waals surface area (Å²) in [6.45, 7) is 8.62. The van der Waals surface area contributed by atoms with Crippen LogP contribution in [0, 0.1) is 0 Å². The van der Waals surface area contributed by atoms with E-state index in [0.29, 0.717) is 12.1 Å². The molecule has 3 aliphatic heterocycles. The van der Waals surface area contributed by atoms with Crippen LogP contribution < -0.4 is 0 Å². The summed E-state index contributed by atoms with van der Waals surface area (Å²) in [4.78, 5) is 6.67. The molecule has 23 heavy (non-hydrogen) atoms. The quantitative estimate of drug-likeness (QED) is 0.847. The molecule has 1 N–H and O–H groups in total. The van der Waals surface area contributed by atoms with Crippen molar-refractivity contribution in [3.05, 3.63) is 46.8 Å². The number of nitrogens with zero attached hydrogens (tertiary/aromatic N) is 3. The largest absolute Gasteiger partial charge is 0.370 e. The van der Waals surface area contributed by atoms with E-state index in [9.17, 15) is 5.11 Å². The van der Waals surface area contributed by atoms with Crippen molar-refractivity contribution in [1.82, 2.24) is 14.7 Å². The Hall–Kier alpha value is -1.52. The molecule has 0 aromatic rings. The maximum absolute atomic E-state index is 10.5. The second-order valence-electron chi connectivity index (χ2n) is 7.30. The molecular formula is C19H29N3O. The highest BCUT2D eigenvalue weighted by molar-refractivity contribution is 5.57. The van der Waals surface area contributed by atoms with Crippen LogP contribution in [0.4, 0.5) is 0 Å². The second-order valence-corrected chi connectivity index (χ2v) is 7.30. The van der Waals surface area contributed by atoms with Crippen LogP contribution in [0.1, 0.15) is 27.2 Å². The smallest absolute Gasteiger partial charge is 0.149 e. The van der Waals surface area contributed by atoms with E-state index < -0.39 is 6.23 Å². The molecule has 0 bridgehead atoms. The average Bonchev–Trinajstić information content (AvgIpc) is 2.51. The fourth-order valence-corrected chi connectivity index (χ4v) is 3.74. The summed E-state index contributed by atoms with van der Waals surface area (Å²) in [5.41, 5.74) is 5.00. The normalized spacial score (nSPS) is 29.0. The van der Waals surface area contributed by atoms with Crippen LogP contribution in [-0.4, -0.2) is 65.3 Å². The van der Waals surface area contributed by atoms with Crippen molar-refractivity contribution in [1.29, 1.82) is 0 Å². The number of allylic oxidation sites excluding steroid dienone is 2. The van der Waals surface area contributed by atoms with E-state index in [4.69, 9.17) is 0 Å². The molecule has 0 aromatic heterocycles. The Morgan fingerprint density at radius 1 is 1.22 bits per heavy atom. The molecule has 2 atom stereocenters. The van der Waals surface area contributed by atoms with Gasteiger partial charge in [-0.3, -0.25) is 0 Å². The zero-order chi connectivity index (χ0) is 16.7. The number of rotatable bonds is 2. The van der Waals surface area contributed by atoms with Crippen LogP contribution in [0.5, 0.6) is 0 Å². The van der Waals surface area contributed by atoms with E-state index in [0.717, 1.165) is 19.5 Å². The van der Waals surface area contributed by atoms with Crippen molar-refractivity contribution in [3.63, 3.8) is 0 Å². The molecule has 0 aromatic carbocycles. The monoisotopic (exact) mass is 315 g/mol. The Morgan fingerprint density at radius 3 is 2.65 bits per heavy atom. The number of likely N-dealkylation sites (N-methyl/N-ethyl adjacent to an activating group) is 2. The Labute approximate surface area is 140 Å². The van der Waals surface area contributed by atoms with Gasteiger partial charge in [0.1, 0.15) is 6.23 Å². The number of hydrogen-bond donors (Lipinski definition) is 1. The molecule has 0 saturated heterocycles. The molecule has 0 saturated carbocycles. The van der Waals surface area contributed by atoms with Crippen molar-refractivity contribution in [2.75, 3.05) is 27.2 Å². The van der Waals surface area contributed by atoms with Gasteiger partial charge in [-0.25, -0.2) is 0 Å². The summed E-state index contributed by atoms with van der Waals surface area (Å²) >= 11 is 0. The van der Waals surface area contributed by atoms with E-state index in [-0.39, 0.29) is 0 Å². The molecule has 4 heteroatoms. The predicted molar refractivity (Wildman–Crippen MR) is 94.7 cm³/mol. The van der Waals surface area contributed by atoms with E-state index in [1.54, 1.807) is 0 Å². The molecule has 0 amide bonds. The fourth-order valence-electron chi connectivity index (χ4n) is 3.74. The third kappa shape index (κ3) is 2.98. The SMILES string of the molecule is CC(C)N1C=C(C2=CN(C)C(O)C3=C2CN(C)CC3)C=CC1C. The standard InChI is InChI=1S/C19H29N3O/c1-13(2)22-10-15(7-6-14(22)3)17-12-21(5)19(23)16-8-9-20(4)11-18(16)17/h6-7,10,12-14,19,23H,8-9,11H2,1-5H3. The molecule has 3 heterocycles. The van der Waals surface area contributed by atoms with Crippen LogP contribution in [0.15, 0.2) is 46.8 Å². The summed E-state index contributed by atoms with van der Waals surface area (Å²) in [5, 5.41) is 10.5. The van der Waals surface area contributed by atoms with Crippen LogP contribution >= 0.6 is 0 Å². The lowest BCUT2D eigenvalue weighted by molar-refractivity contribution is 0.0757. The zero-order valence-electron chi connectivity index (χ0n) is 15.0. The Bertz CT molecular complexity index is 600. The molecule has 4 nitrogen and oxygen atoms in total. The summed E-state index contributed by atoms with van der Waals surface area (Å²) < 4.78 is 0. The minimum Gasteiger partial charge on any atom is -0.370 e. The number of hydrogen-bond acceptors (Lipinski definition) is 4. The summed E-state index contributed by atoms with van der Waals surface area (Å²) in [7, 11) is 4.11. The zero-order valence-corrected chi connectivity index (χ0v) is 15.0. The Morgan fingerprint density at radius 2 is 1.96 bits per heavy atom. The highest BCUT2D eigenvalue weighted by Gasteiger charge is 2.31. The highest BCUT2D eigenvalue weighted by Crippen LogP contribution is 2.36. The Kier molecular flexibility index (Phi) is 4.39. The lowest BCUT2D eigenvalue weighted by Gasteiger charge is -2.40. The van der Waals surface area contributed by atoms with Gasteiger partial charge in [-0.2, -0.15) is 0 Å². The van der Waals surface area contributed by atoms with Gasteiger partial charge in [-0.1, -0.05) is 12.2 Å². The van der Waals surface area contributed by atoms with Crippen molar-refractivity contribution in [2.45, 2.75) is 45.5 Å². The molecule has 0 aliphatic carbocycles. The Balaban J connectivity index is 2.01. The maximum Gasteiger partial charge on any atom is 0.149 e. The minimum atomic E-state index is -0.476. The third-order valence-corrected chi connectivity index (χ3v) is 5.15. The van der Waals surface area contributed by atoms with Crippen LogP contribution in [0.2, 0.25) is 0 Å². The molecule has 0 radical (unpaired) electrons. The first-order chi connectivity index (χ1) is 10.9. The topological polar surface area (TPSA) is 30.0 Å². The maximum atomic E-state index is 10.5. The molecule has 3 aliphatic rings. The van der Waals surface area contributed by atoms with Gasteiger partial charge in [-0.05, 0) is 51.0 Å². The first-order valence-electron chi connectivity index (χ1n) is 8.59. The van der Waals surface area contributed by atoms with Gasteiger partial charge in [0.2, 0.25) is 0 Å². The molecule has 2 unspecified atom stereocenters. The second kappa shape index (κ2) is 6.17. The third-order valence-electron chi connectivity index (χ3n) is 5.15. The van der Waals surface area contributed by atoms with E-state index in [2.05, 4.69) is 62.2 Å². The number of aliphatic hydroxyl groups excluding tert-OH is 1. The summed E-state index contributed by atoms with van der Waals surface area (Å²) in [5.74, 6) is 0. The highest BCUT2D eigenvalue weighted by atomic mass is 16.3. The molecule has 0 spiro atoms. The first-order valence-corrected chi connectivity index (χ1v) is 8.59. The van der Waals surface area contributed by atoms with Crippen molar-refractivity contribution >= 4 is 0 Å².